The van der Waals surface area contributed by atoms with Crippen molar-refractivity contribution >= 4 is 15.9 Å². The molecule has 0 bridgehead atoms. The van der Waals surface area contributed by atoms with Crippen LogP contribution in [0.2, 0.25) is 0 Å². The summed E-state index contributed by atoms with van der Waals surface area (Å²) in [6.45, 7) is 1.18. The van der Waals surface area contributed by atoms with Crippen molar-refractivity contribution < 1.29 is 14.6 Å². The minimum absolute atomic E-state index is 0.0912. The Morgan fingerprint density at radius 2 is 1.36 bits per heavy atom. The van der Waals surface area contributed by atoms with Gasteiger partial charge in [-0.3, -0.25) is 9.80 Å². The lowest BCUT2D eigenvalue weighted by Gasteiger charge is -2.47. The maximum Gasteiger partial charge on any atom is 0.128 e. The van der Waals surface area contributed by atoms with Crippen LogP contribution in [0, 0.1) is 22.7 Å². The molecule has 3 aromatic rings. The number of methoxy groups -OCH3 is 2. The lowest BCUT2D eigenvalue weighted by Crippen LogP contribution is -2.50. The Morgan fingerprint density at radius 3 is 1.83 bits per heavy atom. The zero-order valence-electron chi connectivity index (χ0n) is 20.1. The standard InChI is InChI=1S/C28H27BrN4O3/c1-35-26-10-5-3-8-20(26)23(17-30)32-14-7-15-33(28(32)22-16-19(29)12-13-25(22)34)24(18-31)21-9-4-6-11-27(21)36-2/h3-6,8-13,16,23-24,28,34H,7,14-15H2,1-2H3. The first-order valence-electron chi connectivity index (χ1n) is 11.6. The van der Waals surface area contributed by atoms with Crippen molar-refractivity contribution in [1.82, 2.24) is 9.80 Å². The van der Waals surface area contributed by atoms with E-state index in [9.17, 15) is 15.6 Å². The van der Waals surface area contributed by atoms with Crippen LogP contribution in [0.5, 0.6) is 17.2 Å². The molecule has 0 aromatic heterocycles. The summed E-state index contributed by atoms with van der Waals surface area (Å²) in [6, 6.07) is 23.7. The maximum absolute atomic E-state index is 11.0. The highest BCUT2D eigenvalue weighted by Crippen LogP contribution is 2.45. The number of halogens is 1. The van der Waals surface area contributed by atoms with Gasteiger partial charge in [0.05, 0.1) is 32.5 Å². The van der Waals surface area contributed by atoms with Crippen molar-refractivity contribution in [2.24, 2.45) is 0 Å². The fourth-order valence-corrected chi connectivity index (χ4v) is 5.31. The first-order chi connectivity index (χ1) is 17.5. The number of hydrogen-bond acceptors (Lipinski definition) is 7. The molecule has 1 fully saturated rings. The van der Waals surface area contributed by atoms with Gasteiger partial charge in [-0.25, -0.2) is 0 Å². The molecule has 0 spiro atoms. The van der Waals surface area contributed by atoms with Crippen LogP contribution in [0.1, 0.15) is 41.4 Å². The predicted octanol–water partition coefficient (Wildman–Crippen LogP) is 5.71. The van der Waals surface area contributed by atoms with Gasteiger partial charge < -0.3 is 14.6 Å². The summed E-state index contributed by atoms with van der Waals surface area (Å²) in [5.74, 6) is 1.31. The fourth-order valence-electron chi connectivity index (χ4n) is 4.93. The Balaban J connectivity index is 1.90. The number of phenolic OH excluding ortho intramolecular Hbond substituents is 1. The topological polar surface area (TPSA) is 92.8 Å². The molecule has 7 nitrogen and oxygen atoms in total. The number of ether oxygens (including phenoxy) is 2. The van der Waals surface area contributed by atoms with Gasteiger partial charge in [0.25, 0.3) is 0 Å². The van der Waals surface area contributed by atoms with Crippen molar-refractivity contribution in [1.29, 1.82) is 10.5 Å². The Labute approximate surface area is 219 Å². The number of benzene rings is 3. The zero-order chi connectivity index (χ0) is 25.7. The Kier molecular flexibility index (Phi) is 8.12. The van der Waals surface area contributed by atoms with Gasteiger partial charge in [0, 0.05) is 34.3 Å². The van der Waals surface area contributed by atoms with E-state index in [0.717, 1.165) is 22.0 Å². The molecule has 2 atom stereocenters. The molecule has 8 heteroatoms. The number of phenols is 1. The number of aromatic hydroxyl groups is 1. The molecule has 3 aromatic carbocycles. The lowest BCUT2D eigenvalue weighted by molar-refractivity contribution is -0.0305. The molecular weight excluding hydrogens is 520 g/mol. The maximum atomic E-state index is 11.0. The summed E-state index contributed by atoms with van der Waals surface area (Å²) in [7, 11) is 3.17. The van der Waals surface area contributed by atoms with Crippen LogP contribution in [0.15, 0.2) is 71.2 Å². The van der Waals surface area contributed by atoms with Gasteiger partial charge in [0.15, 0.2) is 0 Å². The minimum atomic E-state index is -0.677. The highest BCUT2D eigenvalue weighted by Gasteiger charge is 2.42. The van der Waals surface area contributed by atoms with Gasteiger partial charge in [0.2, 0.25) is 0 Å². The third-order valence-electron chi connectivity index (χ3n) is 6.50. The van der Waals surface area contributed by atoms with Crippen LogP contribution < -0.4 is 9.47 Å². The van der Waals surface area contributed by atoms with E-state index in [2.05, 4.69) is 28.1 Å². The molecule has 1 N–H and O–H groups in total. The van der Waals surface area contributed by atoms with Gasteiger partial charge in [-0.1, -0.05) is 52.3 Å². The number of nitriles is 2. The highest BCUT2D eigenvalue weighted by molar-refractivity contribution is 9.10. The Bertz CT molecular complexity index is 1230. The summed E-state index contributed by atoms with van der Waals surface area (Å²) < 4.78 is 12.0. The summed E-state index contributed by atoms with van der Waals surface area (Å²) in [5, 5.41) is 31.8. The summed E-state index contributed by atoms with van der Waals surface area (Å²) in [4.78, 5) is 4.06. The van der Waals surface area contributed by atoms with E-state index >= 15 is 0 Å². The molecule has 0 aliphatic carbocycles. The van der Waals surface area contributed by atoms with Crippen molar-refractivity contribution in [3.8, 4) is 29.4 Å². The monoisotopic (exact) mass is 546 g/mol. The minimum Gasteiger partial charge on any atom is -0.508 e. The van der Waals surface area contributed by atoms with Gasteiger partial charge in [-0.2, -0.15) is 10.5 Å². The third kappa shape index (κ3) is 4.89. The van der Waals surface area contributed by atoms with Gasteiger partial charge >= 0.3 is 0 Å². The lowest BCUT2D eigenvalue weighted by atomic mass is 9.96. The van der Waals surface area contributed by atoms with Gasteiger partial charge in [-0.15, -0.1) is 0 Å². The van der Waals surface area contributed by atoms with Gasteiger partial charge in [-0.05, 0) is 36.8 Å². The summed E-state index contributed by atoms with van der Waals surface area (Å²) >= 11 is 3.53. The molecule has 0 saturated carbocycles. The molecule has 0 amide bonds. The van der Waals surface area contributed by atoms with E-state index in [4.69, 9.17) is 9.47 Å². The van der Waals surface area contributed by atoms with Gasteiger partial charge in [0.1, 0.15) is 29.3 Å². The van der Waals surface area contributed by atoms with Crippen LogP contribution >= 0.6 is 15.9 Å². The normalized spacial score (nSPS) is 18.0. The van der Waals surface area contributed by atoms with E-state index in [0.29, 0.717) is 30.2 Å². The second-order valence-corrected chi connectivity index (χ2v) is 9.37. The summed E-state index contributed by atoms with van der Waals surface area (Å²) in [5.41, 5.74) is 2.07. The Hall–Kier alpha value is -3.56. The third-order valence-corrected chi connectivity index (χ3v) is 7.00. The van der Waals surface area contributed by atoms with E-state index < -0.39 is 18.2 Å². The molecule has 1 heterocycles. The molecule has 1 aliphatic heterocycles. The van der Waals surface area contributed by atoms with Crippen LogP contribution in [0.3, 0.4) is 0 Å². The fraction of sp³-hybridized carbons (Fsp3) is 0.286. The number of nitrogens with zero attached hydrogens (tertiary/aromatic N) is 4. The van der Waals surface area contributed by atoms with Crippen molar-refractivity contribution in [2.75, 3.05) is 27.3 Å². The predicted molar refractivity (Wildman–Crippen MR) is 139 cm³/mol. The largest absolute Gasteiger partial charge is 0.508 e. The van der Waals surface area contributed by atoms with Crippen LogP contribution in [0.4, 0.5) is 0 Å². The second-order valence-electron chi connectivity index (χ2n) is 8.45. The second kappa shape index (κ2) is 11.5. The number of rotatable bonds is 7. The van der Waals surface area contributed by atoms with Crippen LogP contribution in [0.25, 0.3) is 0 Å². The van der Waals surface area contributed by atoms with E-state index in [1.54, 1.807) is 26.4 Å². The SMILES string of the molecule is COc1ccccc1C(C#N)N1CCCN(C(C#N)c2ccccc2OC)C1c1cc(Br)ccc1O. The zero-order valence-corrected chi connectivity index (χ0v) is 21.7. The molecule has 2 unspecified atom stereocenters. The average molecular weight is 547 g/mol. The quantitative estimate of drug-likeness (QED) is 0.405. The van der Waals surface area contributed by atoms with E-state index in [1.807, 2.05) is 64.4 Å². The number of para-hydroxylation sites is 2. The first-order valence-corrected chi connectivity index (χ1v) is 12.4. The first kappa shape index (κ1) is 25.5. The van der Waals surface area contributed by atoms with E-state index in [-0.39, 0.29) is 5.75 Å². The number of hydrogen-bond donors (Lipinski definition) is 1. The highest BCUT2D eigenvalue weighted by atomic mass is 79.9. The van der Waals surface area contributed by atoms with E-state index in [1.165, 1.54) is 0 Å². The molecule has 184 valence electrons. The molecule has 4 rings (SSSR count). The molecule has 1 aliphatic rings. The summed E-state index contributed by atoms with van der Waals surface area (Å²) in [6.07, 6.45) is 0.159. The molecule has 0 radical (unpaired) electrons. The Morgan fingerprint density at radius 1 is 0.861 bits per heavy atom. The molecule has 36 heavy (non-hydrogen) atoms. The van der Waals surface area contributed by atoms with Crippen molar-refractivity contribution in [3.05, 3.63) is 87.9 Å². The van der Waals surface area contributed by atoms with Crippen LogP contribution in [-0.4, -0.2) is 42.2 Å². The average Bonchev–Trinajstić information content (AvgIpc) is 2.92. The molecular formula is C28H27BrN4O3. The molecule has 1 saturated heterocycles. The van der Waals surface area contributed by atoms with Crippen molar-refractivity contribution in [2.45, 2.75) is 24.7 Å². The smallest absolute Gasteiger partial charge is 0.128 e. The van der Waals surface area contributed by atoms with Crippen LogP contribution in [-0.2, 0) is 0 Å². The van der Waals surface area contributed by atoms with Crippen molar-refractivity contribution in [3.63, 3.8) is 0 Å².